The van der Waals surface area contributed by atoms with E-state index < -0.39 is 0 Å². The summed E-state index contributed by atoms with van der Waals surface area (Å²) in [5.74, 6) is 3.48. The van der Waals surface area contributed by atoms with E-state index in [-0.39, 0.29) is 6.10 Å². The Kier molecular flexibility index (Phi) is 5.78. The molecule has 2 aliphatic rings. The zero-order chi connectivity index (χ0) is 23.8. The molecule has 1 fully saturated rings. The summed E-state index contributed by atoms with van der Waals surface area (Å²) in [7, 11) is 0. The van der Waals surface area contributed by atoms with Crippen LogP contribution in [0.5, 0.6) is 17.2 Å². The highest BCUT2D eigenvalue weighted by atomic mass is 16.5. The molecular formula is C28H30N4O3. The summed E-state index contributed by atoms with van der Waals surface area (Å²) < 4.78 is 20.2. The third-order valence-corrected chi connectivity index (χ3v) is 7.13. The van der Waals surface area contributed by atoms with Gasteiger partial charge in [0.25, 0.3) is 0 Å². The average molecular weight is 471 g/mol. The minimum atomic E-state index is -0.0294. The lowest BCUT2D eigenvalue weighted by Gasteiger charge is -2.21. The largest absolute Gasteiger partial charge is 0.493 e. The molecule has 6 rings (SSSR count). The molecule has 1 saturated carbocycles. The van der Waals surface area contributed by atoms with Gasteiger partial charge in [0, 0.05) is 17.3 Å². The van der Waals surface area contributed by atoms with E-state index in [1.807, 2.05) is 55.5 Å². The Bertz CT molecular complexity index is 1340. The number of aromatic nitrogens is 3. The van der Waals surface area contributed by atoms with E-state index in [1.54, 1.807) is 0 Å². The summed E-state index contributed by atoms with van der Waals surface area (Å²) in [6.45, 7) is 3.33. The molecule has 7 nitrogen and oxygen atoms in total. The van der Waals surface area contributed by atoms with E-state index in [2.05, 4.69) is 14.5 Å². The third kappa shape index (κ3) is 4.21. The van der Waals surface area contributed by atoms with Gasteiger partial charge in [-0.1, -0.05) is 25.3 Å². The number of hydrogen-bond donors (Lipinski definition) is 1. The molecular weight excluding hydrogens is 440 g/mol. The number of rotatable bonds is 6. The molecule has 35 heavy (non-hydrogen) atoms. The summed E-state index contributed by atoms with van der Waals surface area (Å²) in [6.07, 6.45) is 8.02. The quantitative estimate of drug-likeness (QED) is 0.354. The molecule has 1 unspecified atom stereocenters. The van der Waals surface area contributed by atoms with Crippen LogP contribution < -0.4 is 15.2 Å². The summed E-state index contributed by atoms with van der Waals surface area (Å²) in [6, 6.07) is 15.8. The van der Waals surface area contributed by atoms with Crippen molar-refractivity contribution in [2.24, 2.45) is 5.92 Å². The molecule has 1 aliphatic heterocycles. The Balaban J connectivity index is 1.22. The van der Waals surface area contributed by atoms with E-state index in [0.717, 1.165) is 51.8 Å². The van der Waals surface area contributed by atoms with Gasteiger partial charge in [0.15, 0.2) is 5.82 Å². The van der Waals surface area contributed by atoms with Crippen LogP contribution in [0.4, 0.5) is 5.82 Å². The first-order valence-corrected chi connectivity index (χ1v) is 12.4. The van der Waals surface area contributed by atoms with Gasteiger partial charge in [-0.25, -0.2) is 9.97 Å². The third-order valence-electron chi connectivity index (χ3n) is 7.13. The van der Waals surface area contributed by atoms with Gasteiger partial charge in [0.2, 0.25) is 0 Å². The highest BCUT2D eigenvalue weighted by Crippen LogP contribution is 2.41. The van der Waals surface area contributed by atoms with Crippen LogP contribution >= 0.6 is 0 Å². The molecule has 0 spiro atoms. The van der Waals surface area contributed by atoms with Crippen molar-refractivity contribution >= 4 is 16.9 Å². The summed E-state index contributed by atoms with van der Waals surface area (Å²) in [5, 5.41) is 0. The standard InChI is InChI=1S/C28H30N4O3/c1-18-25-24(16-33-18)32(27-26(25)30-17-31-28(27)29)20-10-12-21(13-11-20)35-23-9-5-8-22(14-23)34-15-19-6-3-2-4-7-19/h5,8-14,17-19H,2-4,6-7,15-16H2,1H3,(H2,29,30,31). The molecule has 0 amide bonds. The summed E-state index contributed by atoms with van der Waals surface area (Å²) in [4.78, 5) is 8.73. The molecule has 2 aromatic heterocycles. The monoisotopic (exact) mass is 470 g/mol. The Morgan fingerprint density at radius 1 is 1.00 bits per heavy atom. The second kappa shape index (κ2) is 9.23. The van der Waals surface area contributed by atoms with Crippen molar-refractivity contribution in [1.29, 1.82) is 0 Å². The Morgan fingerprint density at radius 3 is 2.63 bits per heavy atom. The van der Waals surface area contributed by atoms with Gasteiger partial charge in [-0.05, 0) is 62.1 Å². The van der Waals surface area contributed by atoms with E-state index in [4.69, 9.17) is 19.9 Å². The second-order valence-electron chi connectivity index (χ2n) is 9.49. The number of hydrogen-bond acceptors (Lipinski definition) is 6. The fraction of sp³-hybridized carbons (Fsp3) is 0.357. The minimum absolute atomic E-state index is 0.0294. The van der Waals surface area contributed by atoms with Crippen LogP contribution in [0.25, 0.3) is 16.7 Å². The van der Waals surface area contributed by atoms with Gasteiger partial charge in [-0.3, -0.25) is 0 Å². The molecule has 7 heteroatoms. The second-order valence-corrected chi connectivity index (χ2v) is 9.49. The molecule has 2 N–H and O–H groups in total. The zero-order valence-corrected chi connectivity index (χ0v) is 19.9. The van der Waals surface area contributed by atoms with Crippen molar-refractivity contribution in [1.82, 2.24) is 14.5 Å². The van der Waals surface area contributed by atoms with Crippen molar-refractivity contribution in [3.05, 3.63) is 66.1 Å². The van der Waals surface area contributed by atoms with Gasteiger partial charge >= 0.3 is 0 Å². The summed E-state index contributed by atoms with van der Waals surface area (Å²) in [5.41, 5.74) is 11.1. The molecule has 180 valence electrons. The summed E-state index contributed by atoms with van der Waals surface area (Å²) >= 11 is 0. The Hall–Kier alpha value is -3.58. The average Bonchev–Trinajstić information content (AvgIpc) is 3.43. The van der Waals surface area contributed by atoms with Crippen LogP contribution in [0.1, 0.15) is 56.4 Å². The van der Waals surface area contributed by atoms with Gasteiger partial charge < -0.3 is 24.5 Å². The number of nitrogens with two attached hydrogens (primary N) is 1. The fourth-order valence-electron chi connectivity index (χ4n) is 5.34. The lowest BCUT2D eigenvalue weighted by atomic mass is 9.90. The van der Waals surface area contributed by atoms with E-state index in [1.165, 1.54) is 38.4 Å². The van der Waals surface area contributed by atoms with Crippen molar-refractivity contribution in [3.63, 3.8) is 0 Å². The molecule has 0 saturated heterocycles. The van der Waals surface area contributed by atoms with Crippen molar-refractivity contribution in [2.75, 3.05) is 12.3 Å². The predicted octanol–water partition coefficient (Wildman–Crippen LogP) is 6.35. The van der Waals surface area contributed by atoms with Crippen LogP contribution in [0.2, 0.25) is 0 Å². The molecule has 0 bridgehead atoms. The van der Waals surface area contributed by atoms with Gasteiger partial charge in [0.1, 0.15) is 34.6 Å². The van der Waals surface area contributed by atoms with E-state index in [9.17, 15) is 0 Å². The SMILES string of the molecule is CC1OCc2c1c1ncnc(N)c1n2-c1ccc(Oc2cccc(OCC3CCCCC3)c2)cc1. The zero-order valence-electron chi connectivity index (χ0n) is 19.9. The first-order valence-electron chi connectivity index (χ1n) is 12.4. The molecule has 1 aliphatic carbocycles. The van der Waals surface area contributed by atoms with E-state index >= 15 is 0 Å². The molecule has 1 atom stereocenters. The lowest BCUT2D eigenvalue weighted by Crippen LogP contribution is -2.15. The van der Waals surface area contributed by atoms with Crippen molar-refractivity contribution in [3.8, 4) is 22.9 Å². The highest BCUT2D eigenvalue weighted by molar-refractivity contribution is 5.91. The predicted molar refractivity (Wildman–Crippen MR) is 135 cm³/mol. The Labute approximate surface area is 204 Å². The number of fused-ring (bicyclic) bond motifs is 3. The van der Waals surface area contributed by atoms with Gasteiger partial charge in [-0.2, -0.15) is 0 Å². The number of benzene rings is 2. The maximum atomic E-state index is 6.27. The maximum absolute atomic E-state index is 6.27. The van der Waals surface area contributed by atoms with Gasteiger partial charge in [0.05, 0.1) is 25.0 Å². The number of nitrogen functional groups attached to an aromatic ring is 1. The minimum Gasteiger partial charge on any atom is -0.493 e. The molecule has 0 radical (unpaired) electrons. The first kappa shape index (κ1) is 21.9. The van der Waals surface area contributed by atoms with Crippen LogP contribution in [-0.2, 0) is 11.3 Å². The smallest absolute Gasteiger partial charge is 0.151 e. The van der Waals surface area contributed by atoms with Crippen LogP contribution in [-0.4, -0.2) is 21.1 Å². The highest BCUT2D eigenvalue weighted by Gasteiger charge is 2.30. The number of ether oxygens (including phenoxy) is 3. The number of anilines is 1. The van der Waals surface area contributed by atoms with Crippen LogP contribution in [0.3, 0.4) is 0 Å². The van der Waals surface area contributed by atoms with Crippen molar-refractivity contribution in [2.45, 2.75) is 51.7 Å². The van der Waals surface area contributed by atoms with E-state index in [0.29, 0.717) is 18.3 Å². The molecule has 2 aromatic carbocycles. The lowest BCUT2D eigenvalue weighted by molar-refractivity contribution is 0.0783. The topological polar surface area (TPSA) is 84.4 Å². The number of nitrogens with zero attached hydrogens (tertiary/aromatic N) is 3. The normalized spacial score (nSPS) is 18.0. The van der Waals surface area contributed by atoms with Crippen LogP contribution in [0, 0.1) is 5.92 Å². The first-order chi connectivity index (χ1) is 17.2. The van der Waals surface area contributed by atoms with Gasteiger partial charge in [-0.15, -0.1) is 0 Å². The maximum Gasteiger partial charge on any atom is 0.151 e. The Morgan fingerprint density at radius 2 is 1.80 bits per heavy atom. The molecule has 4 aromatic rings. The van der Waals surface area contributed by atoms with Crippen molar-refractivity contribution < 1.29 is 14.2 Å². The molecule has 3 heterocycles. The van der Waals surface area contributed by atoms with Crippen LogP contribution in [0.15, 0.2) is 54.9 Å². The fourth-order valence-corrected chi connectivity index (χ4v) is 5.34.